The van der Waals surface area contributed by atoms with Crippen LogP contribution in [0.4, 0.5) is 4.79 Å². The third-order valence-electron chi connectivity index (χ3n) is 5.20. The Morgan fingerprint density at radius 3 is 1.41 bits per heavy atom. The average molecular weight is 371 g/mol. The van der Waals surface area contributed by atoms with Gasteiger partial charge in [0.05, 0.1) is 0 Å². The first-order valence-corrected chi connectivity index (χ1v) is 9.37. The van der Waals surface area contributed by atoms with Crippen molar-refractivity contribution in [3.8, 4) is 0 Å². The molecule has 3 fully saturated rings. The van der Waals surface area contributed by atoms with Gasteiger partial charge in [-0.2, -0.15) is 0 Å². The largest absolute Gasteiger partial charge is 0.333 e. The molecule has 0 atom stereocenters. The van der Waals surface area contributed by atoms with E-state index in [9.17, 15) is 14.4 Å². The highest BCUT2D eigenvalue weighted by Gasteiger charge is 2.49. The number of urea groups is 1. The van der Waals surface area contributed by atoms with Gasteiger partial charge in [0.2, 0.25) is 0 Å². The third-order valence-corrected chi connectivity index (χ3v) is 5.98. The van der Waals surface area contributed by atoms with E-state index in [2.05, 4.69) is 15.9 Å². The second kappa shape index (κ2) is 6.69. The van der Waals surface area contributed by atoms with Gasteiger partial charge in [-0.3, -0.25) is 19.4 Å². The van der Waals surface area contributed by atoms with Crippen molar-refractivity contribution in [1.82, 2.24) is 9.80 Å². The zero-order chi connectivity index (χ0) is 15.7. The van der Waals surface area contributed by atoms with E-state index in [4.69, 9.17) is 0 Å². The molecule has 22 heavy (non-hydrogen) atoms. The van der Waals surface area contributed by atoms with Crippen molar-refractivity contribution in [2.75, 3.05) is 0 Å². The smallest absolute Gasteiger partial charge is 0.272 e. The Morgan fingerprint density at radius 2 is 1.05 bits per heavy atom. The van der Waals surface area contributed by atoms with Crippen molar-refractivity contribution in [2.45, 2.75) is 81.1 Å². The number of barbiturate groups is 1. The lowest BCUT2D eigenvalue weighted by molar-refractivity contribution is -0.144. The first-order valence-electron chi connectivity index (χ1n) is 8.45. The Kier molecular flexibility index (Phi) is 4.85. The fraction of sp³-hybridized carbons (Fsp3) is 0.812. The summed E-state index contributed by atoms with van der Waals surface area (Å²) in [7, 11) is 0. The molecule has 1 aliphatic heterocycles. The van der Waals surface area contributed by atoms with Crippen molar-refractivity contribution in [3.05, 3.63) is 0 Å². The number of alkyl halides is 1. The van der Waals surface area contributed by atoms with E-state index >= 15 is 0 Å². The summed E-state index contributed by atoms with van der Waals surface area (Å²) in [5.41, 5.74) is 0. The minimum absolute atomic E-state index is 0.0343. The number of carbonyl (C=O) groups is 3. The average Bonchev–Trinajstić information content (AvgIpc) is 2.55. The molecule has 1 heterocycles. The molecular weight excluding hydrogens is 348 g/mol. The van der Waals surface area contributed by atoms with E-state index in [0.717, 1.165) is 64.2 Å². The predicted octanol–water partition coefficient (Wildman–Crippen LogP) is 3.21. The highest BCUT2D eigenvalue weighted by atomic mass is 79.9. The molecule has 0 radical (unpaired) electrons. The van der Waals surface area contributed by atoms with Crippen LogP contribution in [0.15, 0.2) is 0 Å². The van der Waals surface area contributed by atoms with Crippen LogP contribution >= 0.6 is 15.9 Å². The van der Waals surface area contributed by atoms with Gasteiger partial charge in [0.1, 0.15) is 0 Å². The van der Waals surface area contributed by atoms with Gasteiger partial charge >= 0.3 is 6.03 Å². The van der Waals surface area contributed by atoms with Gasteiger partial charge in [0, 0.05) is 12.1 Å². The minimum atomic E-state index is -0.894. The number of amides is 4. The van der Waals surface area contributed by atoms with Gasteiger partial charge in [-0.25, -0.2) is 4.79 Å². The lowest BCUT2D eigenvalue weighted by atomic mass is 9.91. The Balaban J connectivity index is 1.84. The van der Waals surface area contributed by atoms with Gasteiger partial charge < -0.3 is 0 Å². The van der Waals surface area contributed by atoms with Crippen molar-refractivity contribution in [3.63, 3.8) is 0 Å². The second-order valence-electron chi connectivity index (χ2n) is 6.65. The Labute approximate surface area is 139 Å². The molecule has 3 rings (SSSR count). The summed E-state index contributed by atoms with van der Waals surface area (Å²) in [4.78, 5) is 39.7. The molecule has 0 N–H and O–H groups in total. The maximum atomic E-state index is 12.9. The molecule has 0 aromatic heterocycles. The second-order valence-corrected chi connectivity index (χ2v) is 7.56. The fourth-order valence-electron chi connectivity index (χ4n) is 4.01. The third kappa shape index (κ3) is 2.82. The van der Waals surface area contributed by atoms with Crippen LogP contribution < -0.4 is 0 Å². The number of imide groups is 2. The van der Waals surface area contributed by atoms with E-state index in [-0.39, 0.29) is 29.9 Å². The predicted molar refractivity (Wildman–Crippen MR) is 85.5 cm³/mol. The van der Waals surface area contributed by atoms with Gasteiger partial charge in [0.25, 0.3) is 11.8 Å². The molecule has 4 amide bonds. The van der Waals surface area contributed by atoms with Crippen LogP contribution in [-0.4, -0.2) is 44.6 Å². The zero-order valence-corrected chi connectivity index (χ0v) is 14.4. The van der Waals surface area contributed by atoms with Crippen molar-refractivity contribution < 1.29 is 14.4 Å². The lowest BCUT2D eigenvalue weighted by Crippen LogP contribution is -2.65. The molecular formula is C16H23BrN2O3. The highest BCUT2D eigenvalue weighted by molar-refractivity contribution is 9.10. The van der Waals surface area contributed by atoms with Gasteiger partial charge in [-0.1, -0.05) is 54.5 Å². The Bertz CT molecular complexity index is 430. The van der Waals surface area contributed by atoms with Crippen LogP contribution in [0.25, 0.3) is 0 Å². The summed E-state index contributed by atoms with van der Waals surface area (Å²) in [6.45, 7) is 0. The summed E-state index contributed by atoms with van der Waals surface area (Å²) in [5, 5.41) is 0. The molecule has 0 spiro atoms. The van der Waals surface area contributed by atoms with Gasteiger partial charge in [-0.15, -0.1) is 0 Å². The fourth-order valence-corrected chi connectivity index (χ4v) is 4.45. The number of hydrogen-bond acceptors (Lipinski definition) is 3. The van der Waals surface area contributed by atoms with Gasteiger partial charge in [-0.05, 0) is 25.7 Å². The first-order chi connectivity index (χ1) is 10.6. The molecule has 2 saturated carbocycles. The van der Waals surface area contributed by atoms with Crippen LogP contribution in [0.2, 0.25) is 0 Å². The van der Waals surface area contributed by atoms with Crippen molar-refractivity contribution in [2.24, 2.45) is 0 Å². The van der Waals surface area contributed by atoms with Crippen LogP contribution in [-0.2, 0) is 9.59 Å². The highest BCUT2D eigenvalue weighted by Crippen LogP contribution is 2.32. The number of nitrogens with zero attached hydrogens (tertiary/aromatic N) is 2. The van der Waals surface area contributed by atoms with E-state index in [1.807, 2.05) is 0 Å². The van der Waals surface area contributed by atoms with E-state index in [1.54, 1.807) is 0 Å². The lowest BCUT2D eigenvalue weighted by Gasteiger charge is -2.44. The van der Waals surface area contributed by atoms with Crippen molar-refractivity contribution in [1.29, 1.82) is 0 Å². The number of halogens is 1. The summed E-state index contributed by atoms with van der Waals surface area (Å²) in [5.74, 6) is -0.733. The molecule has 5 nitrogen and oxygen atoms in total. The van der Waals surface area contributed by atoms with Crippen molar-refractivity contribution >= 4 is 33.8 Å². The molecule has 122 valence electrons. The maximum absolute atomic E-state index is 12.9. The Morgan fingerprint density at radius 1 is 0.682 bits per heavy atom. The van der Waals surface area contributed by atoms with Crippen LogP contribution in [0.5, 0.6) is 0 Å². The molecule has 6 heteroatoms. The number of carbonyl (C=O) groups excluding carboxylic acids is 3. The first kappa shape index (κ1) is 16.0. The standard InChI is InChI=1S/C16H23BrN2O3/c17-13-14(20)18(11-7-3-1-4-8-11)16(22)19(15(13)21)12-9-5-2-6-10-12/h11-13H,1-10H2. The molecule has 0 aromatic carbocycles. The Hall–Kier alpha value is -0.910. The molecule has 0 unspecified atom stereocenters. The summed E-state index contributed by atoms with van der Waals surface area (Å²) in [6.07, 6.45) is 9.98. The van der Waals surface area contributed by atoms with Crippen LogP contribution in [0, 0.1) is 0 Å². The SMILES string of the molecule is O=C1C(Br)C(=O)N(C2CCCCC2)C(=O)N1C1CCCCC1. The van der Waals surface area contributed by atoms with Crippen LogP contribution in [0.3, 0.4) is 0 Å². The van der Waals surface area contributed by atoms with Crippen LogP contribution in [0.1, 0.15) is 64.2 Å². The van der Waals surface area contributed by atoms with E-state index in [0.29, 0.717) is 0 Å². The normalized spacial score (nSPS) is 26.9. The van der Waals surface area contributed by atoms with E-state index in [1.165, 1.54) is 9.80 Å². The summed E-state index contributed by atoms with van der Waals surface area (Å²) < 4.78 is 0. The zero-order valence-electron chi connectivity index (χ0n) is 12.8. The van der Waals surface area contributed by atoms with E-state index < -0.39 is 4.83 Å². The topological polar surface area (TPSA) is 57.7 Å². The summed E-state index contributed by atoms with van der Waals surface area (Å²) in [6, 6.07) is -0.439. The van der Waals surface area contributed by atoms with Gasteiger partial charge in [0.15, 0.2) is 4.83 Å². The molecule has 3 aliphatic rings. The number of hydrogen-bond donors (Lipinski definition) is 0. The minimum Gasteiger partial charge on any atom is -0.272 e. The monoisotopic (exact) mass is 370 g/mol. The molecule has 0 bridgehead atoms. The summed E-state index contributed by atoms with van der Waals surface area (Å²) >= 11 is 3.23. The molecule has 1 saturated heterocycles. The molecule has 0 aromatic rings. The number of rotatable bonds is 2. The quantitative estimate of drug-likeness (QED) is 0.553. The maximum Gasteiger partial charge on any atom is 0.333 e. The molecule has 2 aliphatic carbocycles.